The van der Waals surface area contributed by atoms with Crippen LogP contribution < -0.4 is 10.1 Å². The lowest BCUT2D eigenvalue weighted by atomic mass is 9.79. The number of phenols is 1. The number of Topliss-reactive ketones (excluding diaryl/α,β-unsaturated/α-hetero) is 2. The highest BCUT2D eigenvalue weighted by atomic mass is 16.7. The van der Waals surface area contributed by atoms with Crippen LogP contribution in [-0.2, 0) is 28.6 Å². The highest BCUT2D eigenvalue weighted by Crippen LogP contribution is 2.48. The van der Waals surface area contributed by atoms with Crippen LogP contribution in [0.3, 0.4) is 0 Å². The summed E-state index contributed by atoms with van der Waals surface area (Å²) in [5.41, 5.74) is -1.78. The fraction of sp³-hybridized carbons (Fsp3) is 0.514. The van der Waals surface area contributed by atoms with Crippen molar-refractivity contribution in [1.29, 1.82) is 0 Å². The van der Waals surface area contributed by atoms with Crippen LogP contribution in [0, 0.1) is 36.5 Å². The first kappa shape index (κ1) is 37.6. The molecule has 1 amide bonds. The van der Waals surface area contributed by atoms with Gasteiger partial charge < -0.3 is 39.6 Å². The van der Waals surface area contributed by atoms with E-state index in [9.17, 15) is 44.1 Å². The summed E-state index contributed by atoms with van der Waals surface area (Å²) in [5, 5.41) is 36.1. The Morgan fingerprint density at radius 1 is 0.961 bits per heavy atom. The molecule has 0 saturated heterocycles. The Morgan fingerprint density at radius 3 is 2.25 bits per heavy atom. The number of aliphatic hydroxyl groups excluding tert-OH is 2. The summed E-state index contributed by atoms with van der Waals surface area (Å²) in [5.74, 6) is -10.7. The molecule has 5 bridgehead atoms. The number of ketones is 4. The normalized spacial score (nSPS) is 35.8. The van der Waals surface area contributed by atoms with Crippen molar-refractivity contribution in [1.82, 2.24) is 5.32 Å². The number of allylic oxidation sites excluding steroid dienone is 3. The molecule has 1 aromatic carbocycles. The van der Waals surface area contributed by atoms with Crippen molar-refractivity contribution >= 4 is 35.0 Å². The topological polar surface area (TPSA) is 212 Å². The number of phenolic OH excluding ortho intramolecular Hbond substituents is 1. The van der Waals surface area contributed by atoms with E-state index in [-0.39, 0.29) is 22.4 Å². The predicted octanol–water partition coefficient (Wildman–Crippen LogP) is 2.64. The van der Waals surface area contributed by atoms with Crippen LogP contribution in [0.25, 0.3) is 0 Å². The number of hydrogen-bond acceptors (Lipinski definition) is 13. The lowest BCUT2D eigenvalue weighted by Gasteiger charge is -2.37. The fourth-order valence-electron chi connectivity index (χ4n) is 7.27. The van der Waals surface area contributed by atoms with Gasteiger partial charge in [0.1, 0.15) is 17.6 Å². The number of esters is 1. The monoisotopic (exact) mass is 709 g/mol. The standard InChI is InChI=1S/C37H43NO13/c1-14-11-23(40)20-12-21(20)30(43)16(3)29(42)17(4)33(50-19(6)39)15(2)25(48-8)9-10-49-37(7)35(46)28-26-24(41)13-22(38-36(14)47)32(45)27(26)31(44)18(5)34(28)51-37/h9-11,13,15-17,20-21,25,29-30,33,42-44H,12H2,1-8H3,(H,38,47)/b10-9+,14-11-. The van der Waals surface area contributed by atoms with Gasteiger partial charge in [-0.15, -0.1) is 0 Å². The number of carbonyl (C=O) groups excluding carboxylic acids is 6. The molecule has 274 valence electrons. The summed E-state index contributed by atoms with van der Waals surface area (Å²) >= 11 is 0. The van der Waals surface area contributed by atoms with Crippen molar-refractivity contribution in [3.63, 3.8) is 0 Å². The van der Waals surface area contributed by atoms with E-state index in [1.165, 1.54) is 40.9 Å². The number of aliphatic hydroxyl groups is 2. The third-order valence-corrected chi connectivity index (χ3v) is 10.5. The van der Waals surface area contributed by atoms with E-state index in [4.69, 9.17) is 18.9 Å². The Bertz CT molecular complexity index is 1810. The number of amides is 1. The number of nitrogens with one attached hydrogen (secondary N) is 1. The number of carbonyl (C=O) groups is 6. The van der Waals surface area contributed by atoms with Gasteiger partial charge >= 0.3 is 11.8 Å². The number of hydrogen-bond donors (Lipinski definition) is 4. The maximum Gasteiger partial charge on any atom is 0.312 e. The number of benzene rings is 1. The zero-order valence-electron chi connectivity index (χ0n) is 29.6. The van der Waals surface area contributed by atoms with Crippen LogP contribution in [0.2, 0.25) is 0 Å². The molecule has 1 saturated carbocycles. The molecule has 2 aliphatic carbocycles. The van der Waals surface area contributed by atoms with Gasteiger partial charge in [0.15, 0.2) is 11.6 Å². The SMILES string of the molecule is COC1/C=C/OC2(C)Oc3c(C)c(O)c4c(c3C2=O)C(=O)C=C(NC(=O)/C(C)=C\C(=O)C2CC2C(O)C(C)C(O)C(C)C(OC(C)=O)C1C)C4=O. The lowest BCUT2D eigenvalue weighted by molar-refractivity contribution is -0.160. The second-order valence-electron chi connectivity index (χ2n) is 14.0. The average molecular weight is 710 g/mol. The van der Waals surface area contributed by atoms with E-state index in [2.05, 4.69) is 5.32 Å². The van der Waals surface area contributed by atoms with Crippen molar-refractivity contribution in [2.24, 2.45) is 29.6 Å². The average Bonchev–Trinajstić information content (AvgIpc) is 3.84. The van der Waals surface area contributed by atoms with Gasteiger partial charge in [-0.3, -0.25) is 28.8 Å². The van der Waals surface area contributed by atoms with Crippen LogP contribution >= 0.6 is 0 Å². The third kappa shape index (κ3) is 6.63. The van der Waals surface area contributed by atoms with Crippen molar-refractivity contribution in [2.75, 3.05) is 7.11 Å². The molecule has 14 nitrogen and oxygen atoms in total. The molecule has 3 aliphatic heterocycles. The molecular weight excluding hydrogens is 666 g/mol. The van der Waals surface area contributed by atoms with Crippen LogP contribution in [0.5, 0.6) is 11.5 Å². The molecular formula is C37H43NO13. The van der Waals surface area contributed by atoms with Gasteiger partial charge in [-0.1, -0.05) is 20.8 Å². The largest absolute Gasteiger partial charge is 0.507 e. The Balaban J connectivity index is 1.58. The van der Waals surface area contributed by atoms with Gasteiger partial charge in [-0.2, -0.15) is 0 Å². The van der Waals surface area contributed by atoms with Crippen molar-refractivity contribution in [3.8, 4) is 11.5 Å². The second kappa shape index (κ2) is 13.8. The van der Waals surface area contributed by atoms with Crippen LogP contribution in [0.15, 0.2) is 35.8 Å². The smallest absolute Gasteiger partial charge is 0.312 e. The summed E-state index contributed by atoms with van der Waals surface area (Å²) in [7, 11) is 1.40. The summed E-state index contributed by atoms with van der Waals surface area (Å²) in [6, 6.07) is 0. The minimum absolute atomic E-state index is 0.0233. The van der Waals surface area contributed by atoms with E-state index in [1.54, 1.807) is 20.8 Å². The molecule has 10 atom stereocenters. The van der Waals surface area contributed by atoms with Gasteiger partial charge in [-0.25, -0.2) is 0 Å². The summed E-state index contributed by atoms with van der Waals surface area (Å²) in [4.78, 5) is 79.5. The first-order valence-corrected chi connectivity index (χ1v) is 16.7. The Labute approximate surface area is 294 Å². The van der Waals surface area contributed by atoms with Gasteiger partial charge in [0.25, 0.3) is 11.7 Å². The Kier molecular flexibility index (Phi) is 10.2. The number of aromatic hydroxyl groups is 1. The number of methoxy groups -OCH3 is 1. The van der Waals surface area contributed by atoms with Crippen molar-refractivity contribution in [3.05, 3.63) is 58.0 Å². The zero-order valence-corrected chi connectivity index (χ0v) is 29.6. The van der Waals surface area contributed by atoms with Crippen molar-refractivity contribution < 1.29 is 63.0 Å². The minimum atomic E-state index is -2.05. The molecule has 6 rings (SSSR count). The summed E-state index contributed by atoms with van der Waals surface area (Å²) in [6.07, 6.45) is 0.761. The quantitative estimate of drug-likeness (QED) is 0.326. The van der Waals surface area contributed by atoms with Crippen LogP contribution in [0.4, 0.5) is 0 Å². The third-order valence-electron chi connectivity index (χ3n) is 10.5. The summed E-state index contributed by atoms with van der Waals surface area (Å²) < 4.78 is 23.0. The molecule has 0 radical (unpaired) electrons. The molecule has 3 heterocycles. The van der Waals surface area contributed by atoms with Gasteiger partial charge in [0.2, 0.25) is 5.78 Å². The number of fused-ring (bicyclic) bond motifs is 12. The Hall–Kier alpha value is -4.66. The van der Waals surface area contributed by atoms with E-state index in [0.717, 1.165) is 18.4 Å². The summed E-state index contributed by atoms with van der Waals surface area (Å²) in [6.45, 7) is 10.3. The number of ether oxygens (including phenoxy) is 4. The van der Waals surface area contributed by atoms with E-state index < -0.39 is 117 Å². The zero-order chi connectivity index (χ0) is 37.9. The van der Waals surface area contributed by atoms with Gasteiger partial charge in [-0.05, 0) is 38.3 Å². The number of rotatable bonds is 2. The molecule has 0 aromatic heterocycles. The molecule has 10 unspecified atom stereocenters. The van der Waals surface area contributed by atoms with Gasteiger partial charge in [0.05, 0.1) is 47.0 Å². The maximum atomic E-state index is 13.9. The van der Waals surface area contributed by atoms with Crippen LogP contribution in [-0.4, -0.2) is 87.6 Å². The van der Waals surface area contributed by atoms with Crippen molar-refractivity contribution in [2.45, 2.75) is 85.1 Å². The highest BCUT2D eigenvalue weighted by molar-refractivity contribution is 6.31. The molecule has 1 fully saturated rings. The highest BCUT2D eigenvalue weighted by Gasteiger charge is 2.52. The molecule has 1 aromatic rings. The second-order valence-corrected chi connectivity index (χ2v) is 14.0. The minimum Gasteiger partial charge on any atom is -0.507 e. The maximum absolute atomic E-state index is 13.9. The molecule has 51 heavy (non-hydrogen) atoms. The fourth-order valence-corrected chi connectivity index (χ4v) is 7.27. The molecule has 4 N–H and O–H groups in total. The van der Waals surface area contributed by atoms with Crippen LogP contribution in [0.1, 0.15) is 84.6 Å². The predicted molar refractivity (Wildman–Crippen MR) is 178 cm³/mol. The van der Waals surface area contributed by atoms with E-state index in [1.807, 2.05) is 0 Å². The molecule has 5 aliphatic rings. The molecule has 0 spiro atoms. The first-order chi connectivity index (χ1) is 23.8. The molecule has 14 heteroatoms. The van der Waals surface area contributed by atoms with E-state index >= 15 is 0 Å². The first-order valence-electron chi connectivity index (χ1n) is 16.7. The van der Waals surface area contributed by atoms with Gasteiger partial charge in [0, 0.05) is 61.8 Å². The van der Waals surface area contributed by atoms with E-state index in [0.29, 0.717) is 6.42 Å². The Morgan fingerprint density at radius 2 is 1.63 bits per heavy atom. The lowest BCUT2D eigenvalue weighted by Crippen LogP contribution is -2.46.